The number of likely N-dealkylation sites (tertiary alicyclic amines) is 1. The van der Waals surface area contributed by atoms with Crippen LogP contribution in [0.2, 0.25) is 0 Å². The van der Waals surface area contributed by atoms with Crippen LogP contribution in [0.15, 0.2) is 35.3 Å². The van der Waals surface area contributed by atoms with Crippen molar-refractivity contribution in [3.05, 3.63) is 51.9 Å². The van der Waals surface area contributed by atoms with Crippen molar-refractivity contribution in [1.29, 1.82) is 0 Å². The topological polar surface area (TPSA) is 96.7 Å². The van der Waals surface area contributed by atoms with Gasteiger partial charge in [0.2, 0.25) is 0 Å². The molecular weight excluding hydrogens is 441 g/mol. The molecule has 180 valence electrons. The van der Waals surface area contributed by atoms with Crippen molar-refractivity contribution in [2.24, 2.45) is 5.92 Å². The fraction of sp³-hybridized carbons (Fsp3) is 0.500. The first kappa shape index (κ1) is 24.6. The number of carboxylic acid groups (broad SMARTS) is 1. The van der Waals surface area contributed by atoms with E-state index in [0.29, 0.717) is 43.8 Å². The quantitative estimate of drug-likeness (QED) is 0.615. The number of carbonyl (C=O) groups is 1. The Morgan fingerprint density at radius 1 is 1.27 bits per heavy atom. The van der Waals surface area contributed by atoms with Crippen LogP contribution >= 0.6 is 0 Å². The van der Waals surface area contributed by atoms with Gasteiger partial charge in [-0.25, -0.2) is 4.68 Å². The molecule has 0 amide bonds. The maximum atomic E-state index is 13.8. The highest BCUT2D eigenvalue weighted by Gasteiger charge is 2.38. The second kappa shape index (κ2) is 10.2. The number of hydrogen-bond acceptors (Lipinski definition) is 6. The standard InChI is InChI=1S/C22H27F3N4O4/c1-14(12-28-9-7-16(8-10-28)21(31)32)27-18-11-26-29(20(30)19(18)22(23,24)25)13-15-3-5-17(33-2)6-4-15/h3-6,11,14,16,27H,7-10,12-13H2,1-2H3,(H,31,32)/t14-/m1/s1. The second-order valence-corrected chi connectivity index (χ2v) is 8.20. The van der Waals surface area contributed by atoms with Crippen LogP contribution < -0.4 is 15.6 Å². The van der Waals surface area contributed by atoms with Crippen molar-refractivity contribution in [3.63, 3.8) is 0 Å². The number of nitrogens with one attached hydrogen (secondary N) is 1. The Morgan fingerprint density at radius 2 is 1.91 bits per heavy atom. The monoisotopic (exact) mass is 468 g/mol. The molecule has 0 unspecified atom stereocenters. The predicted octanol–water partition coefficient (Wildman–Crippen LogP) is 2.92. The van der Waals surface area contributed by atoms with Crippen LogP contribution in [0.1, 0.15) is 30.9 Å². The minimum Gasteiger partial charge on any atom is -0.497 e. The molecule has 8 nitrogen and oxygen atoms in total. The van der Waals surface area contributed by atoms with Crippen molar-refractivity contribution in [2.45, 2.75) is 38.5 Å². The molecule has 0 radical (unpaired) electrons. The van der Waals surface area contributed by atoms with E-state index in [2.05, 4.69) is 10.4 Å². The number of methoxy groups -OCH3 is 1. The van der Waals surface area contributed by atoms with Crippen LogP contribution in [-0.2, 0) is 17.5 Å². The smallest absolute Gasteiger partial charge is 0.423 e. The Kier molecular flexibility index (Phi) is 7.62. The molecule has 1 aromatic heterocycles. The third-order valence-electron chi connectivity index (χ3n) is 5.69. The van der Waals surface area contributed by atoms with Gasteiger partial charge >= 0.3 is 12.1 Å². The maximum Gasteiger partial charge on any atom is 0.423 e. The van der Waals surface area contributed by atoms with Gasteiger partial charge in [-0.05, 0) is 50.6 Å². The highest BCUT2D eigenvalue weighted by Crippen LogP contribution is 2.32. The molecule has 0 saturated carbocycles. The Balaban J connectivity index is 1.74. The zero-order chi connectivity index (χ0) is 24.2. The van der Waals surface area contributed by atoms with E-state index in [1.807, 2.05) is 4.90 Å². The summed E-state index contributed by atoms with van der Waals surface area (Å²) in [7, 11) is 1.50. The molecule has 33 heavy (non-hydrogen) atoms. The van der Waals surface area contributed by atoms with E-state index in [1.165, 1.54) is 7.11 Å². The highest BCUT2D eigenvalue weighted by molar-refractivity contribution is 5.70. The third-order valence-corrected chi connectivity index (χ3v) is 5.69. The second-order valence-electron chi connectivity index (χ2n) is 8.20. The molecule has 2 aromatic rings. The molecule has 1 atom stereocenters. The molecule has 1 aliphatic heterocycles. The Hall–Kier alpha value is -3.08. The number of ether oxygens (including phenoxy) is 1. The molecule has 1 fully saturated rings. The van der Waals surface area contributed by atoms with Crippen molar-refractivity contribution in [1.82, 2.24) is 14.7 Å². The van der Waals surface area contributed by atoms with Gasteiger partial charge in [0.25, 0.3) is 5.56 Å². The highest BCUT2D eigenvalue weighted by atomic mass is 19.4. The van der Waals surface area contributed by atoms with Crippen LogP contribution in [0.3, 0.4) is 0 Å². The zero-order valence-corrected chi connectivity index (χ0v) is 18.4. The lowest BCUT2D eigenvalue weighted by Crippen LogP contribution is -2.42. The normalized spacial score (nSPS) is 16.4. The van der Waals surface area contributed by atoms with Crippen molar-refractivity contribution < 1.29 is 27.8 Å². The number of aromatic nitrogens is 2. The largest absolute Gasteiger partial charge is 0.497 e. The molecule has 2 heterocycles. The number of alkyl halides is 3. The fourth-order valence-corrected chi connectivity index (χ4v) is 3.95. The number of piperidine rings is 1. The van der Waals surface area contributed by atoms with Crippen molar-refractivity contribution in [2.75, 3.05) is 32.1 Å². The molecule has 1 aliphatic rings. The lowest BCUT2D eigenvalue weighted by atomic mass is 9.97. The van der Waals surface area contributed by atoms with Gasteiger partial charge in [-0.3, -0.25) is 9.59 Å². The van der Waals surface area contributed by atoms with E-state index in [1.54, 1.807) is 31.2 Å². The number of benzene rings is 1. The average molecular weight is 468 g/mol. The van der Waals surface area contributed by atoms with Gasteiger partial charge < -0.3 is 20.1 Å². The van der Waals surface area contributed by atoms with E-state index in [4.69, 9.17) is 9.84 Å². The van der Waals surface area contributed by atoms with Gasteiger partial charge in [-0.15, -0.1) is 0 Å². The van der Waals surface area contributed by atoms with Crippen molar-refractivity contribution in [3.8, 4) is 5.75 Å². The van der Waals surface area contributed by atoms with E-state index < -0.39 is 29.3 Å². The summed E-state index contributed by atoms with van der Waals surface area (Å²) >= 11 is 0. The van der Waals surface area contributed by atoms with Crippen LogP contribution in [-0.4, -0.2) is 58.5 Å². The first-order chi connectivity index (χ1) is 15.6. The molecule has 1 saturated heterocycles. The fourth-order valence-electron chi connectivity index (χ4n) is 3.95. The third kappa shape index (κ3) is 6.25. The van der Waals surface area contributed by atoms with Gasteiger partial charge in [0.05, 0.1) is 31.5 Å². The van der Waals surface area contributed by atoms with Gasteiger partial charge in [0.1, 0.15) is 11.3 Å². The van der Waals surface area contributed by atoms with Gasteiger partial charge in [0, 0.05) is 12.6 Å². The first-order valence-electron chi connectivity index (χ1n) is 10.6. The van der Waals surface area contributed by atoms with E-state index >= 15 is 0 Å². The van der Waals surface area contributed by atoms with Crippen LogP contribution in [0, 0.1) is 5.92 Å². The summed E-state index contributed by atoms with van der Waals surface area (Å²) in [5.74, 6) is -0.614. The summed E-state index contributed by atoms with van der Waals surface area (Å²) in [5, 5.41) is 15.8. The summed E-state index contributed by atoms with van der Waals surface area (Å²) in [5.41, 5.74) is -2.27. The molecule has 0 aliphatic carbocycles. The lowest BCUT2D eigenvalue weighted by molar-refractivity contribution is -0.143. The Bertz CT molecular complexity index is 1020. The van der Waals surface area contributed by atoms with E-state index in [9.17, 15) is 22.8 Å². The summed E-state index contributed by atoms with van der Waals surface area (Å²) in [6.45, 7) is 3.12. The number of anilines is 1. The summed E-state index contributed by atoms with van der Waals surface area (Å²) < 4.78 is 47.2. The van der Waals surface area contributed by atoms with Crippen LogP contribution in [0.25, 0.3) is 0 Å². The summed E-state index contributed by atoms with van der Waals surface area (Å²) in [4.78, 5) is 25.8. The average Bonchev–Trinajstić information content (AvgIpc) is 2.75. The molecule has 0 spiro atoms. The molecule has 2 N–H and O–H groups in total. The van der Waals surface area contributed by atoms with Gasteiger partial charge in [-0.1, -0.05) is 12.1 Å². The Morgan fingerprint density at radius 3 is 2.45 bits per heavy atom. The molecular formula is C22H27F3N4O4. The van der Waals surface area contributed by atoms with E-state index in [0.717, 1.165) is 10.9 Å². The number of hydrogen-bond donors (Lipinski definition) is 2. The molecule has 0 bridgehead atoms. The van der Waals surface area contributed by atoms with E-state index in [-0.39, 0.29) is 18.2 Å². The lowest BCUT2D eigenvalue weighted by Gasteiger charge is -2.32. The summed E-state index contributed by atoms with van der Waals surface area (Å²) in [6, 6.07) is 6.21. The number of carboxylic acids is 1. The van der Waals surface area contributed by atoms with Crippen molar-refractivity contribution >= 4 is 11.7 Å². The predicted molar refractivity (Wildman–Crippen MR) is 115 cm³/mol. The zero-order valence-electron chi connectivity index (χ0n) is 18.4. The number of rotatable bonds is 8. The molecule has 1 aromatic carbocycles. The number of aliphatic carboxylic acids is 1. The SMILES string of the molecule is COc1ccc(Cn2ncc(N[C@H](C)CN3CCC(C(=O)O)CC3)c(C(F)(F)F)c2=O)cc1. The minimum atomic E-state index is -4.86. The molecule has 3 rings (SSSR count). The molecule has 11 heteroatoms. The maximum absolute atomic E-state index is 13.8. The summed E-state index contributed by atoms with van der Waals surface area (Å²) in [6.07, 6.45) is -2.83. The Labute approximate surface area is 189 Å². The van der Waals surface area contributed by atoms with Gasteiger partial charge in [-0.2, -0.15) is 18.3 Å². The van der Waals surface area contributed by atoms with Gasteiger partial charge in [0.15, 0.2) is 0 Å². The van der Waals surface area contributed by atoms with Crippen LogP contribution in [0.4, 0.5) is 18.9 Å². The van der Waals surface area contributed by atoms with Crippen LogP contribution in [0.5, 0.6) is 5.75 Å². The minimum absolute atomic E-state index is 0.111. The number of nitrogens with zero attached hydrogens (tertiary/aromatic N) is 3. The number of halogens is 3. The first-order valence-corrected chi connectivity index (χ1v) is 10.6.